The summed E-state index contributed by atoms with van der Waals surface area (Å²) in [6, 6.07) is 9.77. The van der Waals surface area contributed by atoms with Crippen molar-refractivity contribution in [2.75, 3.05) is 11.1 Å². The first-order valence-corrected chi connectivity index (χ1v) is 5.57. The fourth-order valence-electron chi connectivity index (χ4n) is 1.59. The van der Waals surface area contributed by atoms with Gasteiger partial charge in [0.2, 0.25) is 0 Å². The van der Waals surface area contributed by atoms with Gasteiger partial charge in [-0.1, -0.05) is 6.07 Å². The molecule has 0 saturated heterocycles. The summed E-state index contributed by atoms with van der Waals surface area (Å²) in [5.74, 6) is -2.69. The van der Waals surface area contributed by atoms with Crippen LogP contribution in [0.15, 0.2) is 36.4 Å². The second-order valence-corrected chi connectivity index (χ2v) is 4.00. The predicted molar refractivity (Wildman–Crippen MR) is 69.9 cm³/mol. The molecule has 0 unspecified atom stereocenters. The summed E-state index contributed by atoms with van der Waals surface area (Å²) in [5, 5.41) is 11.2. The van der Waals surface area contributed by atoms with E-state index in [0.29, 0.717) is 11.3 Å². The van der Waals surface area contributed by atoms with Crippen molar-refractivity contribution in [3.63, 3.8) is 0 Å². The van der Waals surface area contributed by atoms with Crippen LogP contribution in [0.25, 0.3) is 0 Å². The summed E-state index contributed by atoms with van der Waals surface area (Å²) in [6.45, 7) is 0. The number of nitrogen functional groups attached to an aromatic ring is 1. The molecule has 0 aliphatic carbocycles. The highest BCUT2D eigenvalue weighted by molar-refractivity contribution is 6.04. The van der Waals surface area contributed by atoms with Crippen molar-refractivity contribution in [3.8, 4) is 6.07 Å². The van der Waals surface area contributed by atoms with E-state index < -0.39 is 23.2 Å². The maximum absolute atomic E-state index is 13.3. The number of rotatable bonds is 2. The van der Waals surface area contributed by atoms with Crippen LogP contribution in [0.4, 0.5) is 20.2 Å². The van der Waals surface area contributed by atoms with Crippen molar-refractivity contribution in [1.82, 2.24) is 0 Å². The normalized spacial score (nSPS) is 9.85. The maximum Gasteiger partial charge on any atom is 0.255 e. The van der Waals surface area contributed by atoms with Crippen molar-refractivity contribution >= 4 is 17.3 Å². The lowest BCUT2D eigenvalue weighted by molar-refractivity contribution is 0.102. The van der Waals surface area contributed by atoms with Gasteiger partial charge < -0.3 is 11.1 Å². The molecule has 0 spiro atoms. The Bertz CT molecular complexity index is 700. The lowest BCUT2D eigenvalue weighted by atomic mass is 10.1. The zero-order chi connectivity index (χ0) is 14.7. The number of nitrogens with two attached hydrogens (primary N) is 1. The molecular formula is C14H9F2N3O. The Hall–Kier alpha value is -2.94. The number of nitrogens with one attached hydrogen (secondary N) is 1. The Kier molecular flexibility index (Phi) is 3.62. The molecule has 3 N–H and O–H groups in total. The number of amides is 1. The lowest BCUT2D eigenvalue weighted by Crippen LogP contribution is -2.13. The zero-order valence-electron chi connectivity index (χ0n) is 10.2. The second kappa shape index (κ2) is 5.36. The second-order valence-electron chi connectivity index (χ2n) is 4.00. The van der Waals surface area contributed by atoms with Crippen LogP contribution in [0, 0.1) is 23.0 Å². The summed E-state index contributed by atoms with van der Waals surface area (Å²) in [4.78, 5) is 11.9. The predicted octanol–water partition coefficient (Wildman–Crippen LogP) is 2.67. The van der Waals surface area contributed by atoms with E-state index in [1.54, 1.807) is 18.2 Å². The van der Waals surface area contributed by atoms with Crippen LogP contribution in [0.1, 0.15) is 15.9 Å². The van der Waals surface area contributed by atoms with Crippen LogP contribution in [-0.2, 0) is 0 Å². The fraction of sp³-hybridized carbons (Fsp3) is 0. The number of nitriles is 1. The minimum atomic E-state index is -0.999. The Morgan fingerprint density at radius 3 is 2.45 bits per heavy atom. The Labute approximate surface area is 113 Å². The number of carbonyl (C=O) groups is 1. The van der Waals surface area contributed by atoms with Gasteiger partial charge in [0.15, 0.2) is 0 Å². The third-order valence-corrected chi connectivity index (χ3v) is 2.59. The van der Waals surface area contributed by atoms with Crippen LogP contribution >= 0.6 is 0 Å². The fourth-order valence-corrected chi connectivity index (χ4v) is 1.59. The van der Waals surface area contributed by atoms with Gasteiger partial charge >= 0.3 is 0 Å². The Balaban J connectivity index is 2.26. The van der Waals surface area contributed by atoms with Gasteiger partial charge in [0, 0.05) is 11.3 Å². The largest absolute Gasteiger partial charge is 0.394 e. The molecule has 6 heteroatoms. The molecule has 0 saturated carbocycles. The summed E-state index contributed by atoms with van der Waals surface area (Å²) >= 11 is 0. The molecular weight excluding hydrogens is 264 g/mol. The third kappa shape index (κ3) is 2.72. The molecule has 0 aliphatic heterocycles. The van der Waals surface area contributed by atoms with E-state index >= 15 is 0 Å². The highest BCUT2D eigenvalue weighted by Gasteiger charge is 2.13. The summed E-state index contributed by atoms with van der Waals surface area (Å²) in [6.07, 6.45) is 0. The van der Waals surface area contributed by atoms with Crippen LogP contribution in [0.3, 0.4) is 0 Å². The molecule has 2 aromatic carbocycles. The van der Waals surface area contributed by atoms with Crippen molar-refractivity contribution in [2.24, 2.45) is 0 Å². The molecule has 0 aliphatic rings. The van der Waals surface area contributed by atoms with E-state index in [1.807, 2.05) is 6.07 Å². The van der Waals surface area contributed by atoms with Crippen molar-refractivity contribution in [3.05, 3.63) is 59.2 Å². The van der Waals surface area contributed by atoms with Crippen molar-refractivity contribution in [2.45, 2.75) is 0 Å². The molecule has 2 aromatic rings. The van der Waals surface area contributed by atoms with Gasteiger partial charge in [0.05, 0.1) is 11.6 Å². The number of hydrogen-bond acceptors (Lipinski definition) is 3. The summed E-state index contributed by atoms with van der Waals surface area (Å²) in [5.41, 5.74) is 5.01. The van der Waals surface area contributed by atoms with Crippen LogP contribution in [0.2, 0.25) is 0 Å². The van der Waals surface area contributed by atoms with E-state index in [9.17, 15) is 13.6 Å². The van der Waals surface area contributed by atoms with Gasteiger partial charge in [-0.3, -0.25) is 4.79 Å². The number of anilines is 2. The van der Waals surface area contributed by atoms with E-state index in [2.05, 4.69) is 5.32 Å². The highest BCUT2D eigenvalue weighted by atomic mass is 19.1. The SMILES string of the molecule is N#Cc1cccc(NC(=O)c2cc(F)c(N)c(F)c2)c1. The molecule has 20 heavy (non-hydrogen) atoms. The monoisotopic (exact) mass is 273 g/mol. The Morgan fingerprint density at radius 1 is 1.20 bits per heavy atom. The number of nitrogens with zero attached hydrogens (tertiary/aromatic N) is 1. The molecule has 4 nitrogen and oxygen atoms in total. The quantitative estimate of drug-likeness (QED) is 0.825. The topological polar surface area (TPSA) is 78.9 Å². The first-order chi connectivity index (χ1) is 9.51. The van der Waals surface area contributed by atoms with Crippen molar-refractivity contribution in [1.29, 1.82) is 5.26 Å². The van der Waals surface area contributed by atoms with E-state index in [1.165, 1.54) is 6.07 Å². The van der Waals surface area contributed by atoms with Gasteiger partial charge in [-0.25, -0.2) is 8.78 Å². The van der Waals surface area contributed by atoms with E-state index in [4.69, 9.17) is 11.0 Å². The standard InChI is InChI=1S/C14H9F2N3O/c15-11-5-9(6-12(16)13(11)18)14(20)19-10-3-1-2-8(4-10)7-17/h1-6H,18H2,(H,19,20). The molecule has 100 valence electrons. The number of hydrogen-bond donors (Lipinski definition) is 2. The summed E-state index contributed by atoms with van der Waals surface area (Å²) in [7, 11) is 0. The molecule has 0 aromatic heterocycles. The minimum absolute atomic E-state index is 0.198. The first-order valence-electron chi connectivity index (χ1n) is 5.57. The summed E-state index contributed by atoms with van der Waals surface area (Å²) < 4.78 is 26.5. The van der Waals surface area contributed by atoms with Crippen molar-refractivity contribution < 1.29 is 13.6 Å². The number of carbonyl (C=O) groups excluding carboxylic acids is 1. The number of halogens is 2. The minimum Gasteiger partial charge on any atom is -0.394 e. The van der Waals surface area contributed by atoms with Gasteiger partial charge in [-0.15, -0.1) is 0 Å². The van der Waals surface area contributed by atoms with Gasteiger partial charge in [0.1, 0.15) is 17.3 Å². The molecule has 0 fully saturated rings. The molecule has 0 radical (unpaired) electrons. The average Bonchev–Trinajstić information content (AvgIpc) is 2.44. The highest BCUT2D eigenvalue weighted by Crippen LogP contribution is 2.18. The lowest BCUT2D eigenvalue weighted by Gasteiger charge is -2.07. The molecule has 1 amide bonds. The van der Waals surface area contributed by atoms with Gasteiger partial charge in [-0.05, 0) is 30.3 Å². The smallest absolute Gasteiger partial charge is 0.255 e. The molecule has 0 atom stereocenters. The van der Waals surface area contributed by atoms with Gasteiger partial charge in [-0.2, -0.15) is 5.26 Å². The number of benzene rings is 2. The van der Waals surface area contributed by atoms with Crippen LogP contribution in [0.5, 0.6) is 0 Å². The zero-order valence-corrected chi connectivity index (χ0v) is 10.2. The first kappa shape index (κ1) is 13.5. The molecule has 0 bridgehead atoms. The van der Waals surface area contributed by atoms with E-state index in [-0.39, 0.29) is 5.56 Å². The van der Waals surface area contributed by atoms with Crippen LogP contribution < -0.4 is 11.1 Å². The van der Waals surface area contributed by atoms with Crippen LogP contribution in [-0.4, -0.2) is 5.91 Å². The maximum atomic E-state index is 13.3. The average molecular weight is 273 g/mol. The molecule has 0 heterocycles. The molecule has 2 rings (SSSR count). The Morgan fingerprint density at radius 2 is 1.85 bits per heavy atom. The third-order valence-electron chi connectivity index (χ3n) is 2.59. The van der Waals surface area contributed by atoms with E-state index in [0.717, 1.165) is 12.1 Å². The van der Waals surface area contributed by atoms with Gasteiger partial charge in [0.25, 0.3) is 5.91 Å².